The Morgan fingerprint density at radius 3 is 2.82 bits per heavy atom. The van der Waals surface area contributed by atoms with Crippen LogP contribution in [0.15, 0.2) is 6.20 Å². The van der Waals surface area contributed by atoms with E-state index < -0.39 is 0 Å². The Labute approximate surface area is 65.7 Å². The minimum Gasteiger partial charge on any atom is -0.232 e. The number of aromatic nitrogens is 2. The van der Waals surface area contributed by atoms with Gasteiger partial charge in [0.05, 0.1) is 11.3 Å². The van der Waals surface area contributed by atoms with E-state index in [1.54, 1.807) is 0 Å². The van der Waals surface area contributed by atoms with Crippen LogP contribution in [0.5, 0.6) is 0 Å². The fourth-order valence-electron chi connectivity index (χ4n) is 0.829. The molecular weight excluding hydrogens is 138 g/mol. The van der Waals surface area contributed by atoms with E-state index in [1.807, 2.05) is 19.9 Å². The second kappa shape index (κ2) is 3.11. The van der Waals surface area contributed by atoms with Gasteiger partial charge in [-0.25, -0.2) is 9.97 Å². The quantitative estimate of drug-likeness (QED) is 0.599. The van der Waals surface area contributed by atoms with E-state index in [-0.39, 0.29) is 5.92 Å². The van der Waals surface area contributed by atoms with Crippen molar-refractivity contribution in [2.75, 3.05) is 0 Å². The molecule has 0 atom stereocenters. The molecule has 3 nitrogen and oxygen atoms in total. The maximum atomic E-state index is 8.62. The maximum Gasteiger partial charge on any atom is 0.198 e. The Balaban J connectivity index is 3.15. The van der Waals surface area contributed by atoms with E-state index in [9.17, 15) is 0 Å². The fraction of sp³-hybridized carbons (Fsp3) is 0.375. The van der Waals surface area contributed by atoms with Crippen LogP contribution in [-0.2, 0) is 0 Å². The van der Waals surface area contributed by atoms with Crippen LogP contribution in [0.3, 0.4) is 0 Å². The van der Waals surface area contributed by atoms with Gasteiger partial charge in [-0.15, -0.1) is 0 Å². The summed E-state index contributed by atoms with van der Waals surface area (Å²) in [4.78, 5) is 7.53. The van der Waals surface area contributed by atoms with Gasteiger partial charge in [-0.05, 0) is 5.92 Å². The smallest absolute Gasteiger partial charge is 0.198 e. The van der Waals surface area contributed by atoms with Crippen LogP contribution in [-0.4, -0.2) is 9.97 Å². The van der Waals surface area contributed by atoms with Gasteiger partial charge in [0.1, 0.15) is 6.07 Å². The molecule has 0 N–H and O–H groups in total. The van der Waals surface area contributed by atoms with Crippen molar-refractivity contribution in [1.29, 1.82) is 5.26 Å². The molecule has 0 aromatic carbocycles. The van der Waals surface area contributed by atoms with Gasteiger partial charge in [-0.3, -0.25) is 0 Å². The number of nitriles is 1. The summed E-state index contributed by atoms with van der Waals surface area (Å²) in [5.41, 5.74) is 1.31. The number of hydrogen-bond acceptors (Lipinski definition) is 3. The van der Waals surface area contributed by atoms with Crippen molar-refractivity contribution in [3.05, 3.63) is 23.8 Å². The van der Waals surface area contributed by atoms with E-state index in [1.165, 1.54) is 6.20 Å². The Morgan fingerprint density at radius 2 is 2.36 bits per heavy atom. The molecule has 3 heteroatoms. The summed E-state index contributed by atoms with van der Waals surface area (Å²) >= 11 is 0. The molecule has 1 rings (SSSR count). The highest BCUT2D eigenvalue weighted by Crippen LogP contribution is 2.13. The summed E-state index contributed by atoms with van der Waals surface area (Å²) < 4.78 is 0. The molecule has 0 fully saturated rings. The molecule has 1 aromatic rings. The average Bonchev–Trinajstić information content (AvgIpc) is 2.04. The highest BCUT2D eigenvalue weighted by molar-refractivity contribution is 5.31. The van der Waals surface area contributed by atoms with Crippen LogP contribution in [0.4, 0.5) is 0 Å². The van der Waals surface area contributed by atoms with Gasteiger partial charge in [0.15, 0.2) is 6.33 Å². The first-order valence-corrected chi connectivity index (χ1v) is 3.38. The molecule has 0 aliphatic heterocycles. The third-order valence-corrected chi connectivity index (χ3v) is 1.37. The minimum atomic E-state index is 0.254. The van der Waals surface area contributed by atoms with Crippen LogP contribution in [0, 0.1) is 17.7 Å². The lowest BCUT2D eigenvalue weighted by Crippen LogP contribution is -1.97. The molecular formula is C8H8N3. The van der Waals surface area contributed by atoms with Gasteiger partial charge in [-0.1, -0.05) is 13.8 Å². The van der Waals surface area contributed by atoms with Crippen LogP contribution in [0.1, 0.15) is 31.0 Å². The lowest BCUT2D eigenvalue weighted by Gasteiger charge is -2.02. The molecule has 55 valence electrons. The fourth-order valence-corrected chi connectivity index (χ4v) is 0.829. The first-order valence-electron chi connectivity index (χ1n) is 3.38. The Hall–Kier alpha value is -1.43. The molecule has 0 saturated carbocycles. The molecule has 1 radical (unpaired) electrons. The van der Waals surface area contributed by atoms with Crippen molar-refractivity contribution in [1.82, 2.24) is 9.97 Å². The van der Waals surface area contributed by atoms with Crippen LogP contribution in [0.2, 0.25) is 0 Å². The lowest BCUT2D eigenvalue weighted by molar-refractivity contribution is 0.806. The summed E-state index contributed by atoms with van der Waals surface area (Å²) in [6.45, 7) is 3.97. The van der Waals surface area contributed by atoms with E-state index in [0.717, 1.165) is 5.69 Å². The zero-order chi connectivity index (χ0) is 8.27. The molecule has 0 spiro atoms. The highest BCUT2D eigenvalue weighted by atomic mass is 14.8. The van der Waals surface area contributed by atoms with Gasteiger partial charge in [-0.2, -0.15) is 5.26 Å². The van der Waals surface area contributed by atoms with Crippen LogP contribution < -0.4 is 0 Å². The summed E-state index contributed by atoms with van der Waals surface area (Å²) in [6, 6.07) is 2.03. The molecule has 0 unspecified atom stereocenters. The van der Waals surface area contributed by atoms with Gasteiger partial charge in [0.2, 0.25) is 0 Å². The van der Waals surface area contributed by atoms with Crippen molar-refractivity contribution in [3.63, 3.8) is 0 Å². The van der Waals surface area contributed by atoms with Gasteiger partial charge < -0.3 is 0 Å². The Bertz CT molecular complexity index is 286. The SMILES string of the molecule is CC(C)c1n[c]ncc1C#N. The van der Waals surface area contributed by atoms with Crippen molar-refractivity contribution >= 4 is 0 Å². The summed E-state index contributed by atoms with van der Waals surface area (Å²) in [6.07, 6.45) is 3.95. The molecule has 0 aliphatic rings. The van der Waals surface area contributed by atoms with Crippen molar-refractivity contribution in [2.45, 2.75) is 19.8 Å². The third kappa shape index (κ3) is 1.53. The van der Waals surface area contributed by atoms with Gasteiger partial charge >= 0.3 is 0 Å². The summed E-state index contributed by atoms with van der Waals surface area (Å²) in [5, 5.41) is 8.62. The maximum absolute atomic E-state index is 8.62. The van der Waals surface area contributed by atoms with Crippen molar-refractivity contribution in [2.24, 2.45) is 0 Å². The zero-order valence-electron chi connectivity index (χ0n) is 6.50. The summed E-state index contributed by atoms with van der Waals surface area (Å²) in [5.74, 6) is 0.254. The first kappa shape index (κ1) is 7.67. The summed E-state index contributed by atoms with van der Waals surface area (Å²) in [7, 11) is 0. The Kier molecular flexibility index (Phi) is 2.17. The zero-order valence-corrected chi connectivity index (χ0v) is 6.50. The highest BCUT2D eigenvalue weighted by Gasteiger charge is 2.06. The van der Waals surface area contributed by atoms with E-state index in [0.29, 0.717) is 5.56 Å². The lowest BCUT2D eigenvalue weighted by atomic mass is 10.1. The van der Waals surface area contributed by atoms with E-state index in [2.05, 4.69) is 16.3 Å². The van der Waals surface area contributed by atoms with E-state index in [4.69, 9.17) is 5.26 Å². The Morgan fingerprint density at radius 1 is 1.64 bits per heavy atom. The standard InChI is InChI=1S/C8H8N3/c1-6(2)8-7(3-9)4-10-5-11-8/h4,6H,1-2H3. The molecule has 0 bridgehead atoms. The average molecular weight is 146 g/mol. The molecule has 1 heterocycles. The second-order valence-corrected chi connectivity index (χ2v) is 2.54. The first-order chi connectivity index (χ1) is 5.25. The monoisotopic (exact) mass is 146 g/mol. The number of hydrogen-bond donors (Lipinski definition) is 0. The largest absolute Gasteiger partial charge is 0.232 e. The van der Waals surface area contributed by atoms with E-state index >= 15 is 0 Å². The normalized spacial score (nSPS) is 9.64. The molecule has 1 aromatic heterocycles. The molecule has 0 saturated heterocycles. The number of nitrogens with zero attached hydrogens (tertiary/aromatic N) is 3. The predicted octanol–water partition coefficient (Wildman–Crippen LogP) is 1.27. The van der Waals surface area contributed by atoms with Crippen molar-refractivity contribution < 1.29 is 0 Å². The van der Waals surface area contributed by atoms with Gasteiger partial charge in [0, 0.05) is 6.20 Å². The molecule has 0 aliphatic carbocycles. The predicted molar refractivity (Wildman–Crippen MR) is 39.7 cm³/mol. The van der Waals surface area contributed by atoms with Gasteiger partial charge in [0.25, 0.3) is 0 Å². The second-order valence-electron chi connectivity index (χ2n) is 2.54. The third-order valence-electron chi connectivity index (χ3n) is 1.37. The van der Waals surface area contributed by atoms with Crippen LogP contribution >= 0.6 is 0 Å². The molecule has 0 amide bonds. The number of rotatable bonds is 1. The van der Waals surface area contributed by atoms with Crippen molar-refractivity contribution in [3.8, 4) is 6.07 Å². The minimum absolute atomic E-state index is 0.254. The molecule has 11 heavy (non-hydrogen) atoms. The van der Waals surface area contributed by atoms with Crippen LogP contribution in [0.25, 0.3) is 0 Å². The topological polar surface area (TPSA) is 49.6 Å².